The van der Waals surface area contributed by atoms with Crippen LogP contribution in [0.5, 0.6) is 0 Å². The summed E-state index contributed by atoms with van der Waals surface area (Å²) < 4.78 is 1.84. The average Bonchev–Trinajstić information content (AvgIpc) is 3.07. The first-order valence-electron chi connectivity index (χ1n) is 7.22. The Balaban J connectivity index is 1.54. The van der Waals surface area contributed by atoms with Crippen LogP contribution in [0.2, 0.25) is 0 Å². The first kappa shape index (κ1) is 12.7. The average molecular weight is 262 g/mol. The number of nitrogens with one attached hydrogen (secondary N) is 1. The maximum atomic E-state index is 12.2. The number of nitrogens with zero attached hydrogens (tertiary/aromatic N) is 3. The van der Waals surface area contributed by atoms with Gasteiger partial charge in [-0.05, 0) is 31.4 Å². The smallest absolute Gasteiger partial charge is 0.224 e. The van der Waals surface area contributed by atoms with Crippen molar-refractivity contribution >= 4 is 5.91 Å². The molecule has 2 aliphatic heterocycles. The summed E-state index contributed by atoms with van der Waals surface area (Å²) in [5.74, 6) is 0.778. The zero-order chi connectivity index (χ0) is 13.2. The molecule has 1 aromatic rings. The van der Waals surface area contributed by atoms with Crippen LogP contribution < -0.4 is 5.32 Å². The summed E-state index contributed by atoms with van der Waals surface area (Å²) in [6.07, 6.45) is 8.07. The molecule has 104 valence electrons. The minimum absolute atomic E-state index is 0.311. The number of hydrogen-bond donors (Lipinski definition) is 1. The Kier molecular flexibility index (Phi) is 3.55. The summed E-state index contributed by atoms with van der Waals surface area (Å²) in [6, 6.07) is 0.407. The first-order valence-corrected chi connectivity index (χ1v) is 7.22. The van der Waals surface area contributed by atoms with Crippen LogP contribution in [0.15, 0.2) is 12.4 Å². The van der Waals surface area contributed by atoms with Crippen LogP contribution in [0.1, 0.15) is 37.2 Å². The predicted octanol–water partition coefficient (Wildman–Crippen LogP) is 0.878. The molecule has 0 radical (unpaired) electrons. The third-order valence-corrected chi connectivity index (χ3v) is 4.32. The van der Waals surface area contributed by atoms with E-state index in [9.17, 15) is 4.79 Å². The second kappa shape index (κ2) is 5.33. The summed E-state index contributed by atoms with van der Waals surface area (Å²) in [4.78, 5) is 14.3. The summed E-state index contributed by atoms with van der Waals surface area (Å²) in [5, 5.41) is 7.61. The highest BCUT2D eigenvalue weighted by atomic mass is 16.2. The summed E-state index contributed by atoms with van der Waals surface area (Å²) >= 11 is 0. The van der Waals surface area contributed by atoms with Crippen molar-refractivity contribution in [1.29, 1.82) is 0 Å². The number of carbonyl (C=O) groups excluding carboxylic acids is 1. The van der Waals surface area contributed by atoms with E-state index in [1.807, 2.05) is 22.8 Å². The molecule has 19 heavy (non-hydrogen) atoms. The topological polar surface area (TPSA) is 50.2 Å². The molecular formula is C14H22N4O. The fraction of sp³-hybridized carbons (Fsp3) is 0.714. The van der Waals surface area contributed by atoms with E-state index < -0.39 is 0 Å². The van der Waals surface area contributed by atoms with Crippen LogP contribution in [-0.4, -0.2) is 46.3 Å². The monoisotopic (exact) mass is 262 g/mol. The van der Waals surface area contributed by atoms with Gasteiger partial charge < -0.3 is 10.2 Å². The van der Waals surface area contributed by atoms with E-state index in [1.54, 1.807) is 0 Å². The molecule has 1 amide bonds. The fourth-order valence-corrected chi connectivity index (χ4v) is 3.18. The maximum absolute atomic E-state index is 12.2. The lowest BCUT2D eigenvalue weighted by Gasteiger charge is -2.18. The van der Waals surface area contributed by atoms with E-state index in [4.69, 9.17) is 0 Å². The number of likely N-dealkylation sites (tertiary alicyclic amines) is 1. The molecule has 0 aromatic carbocycles. The molecule has 0 spiro atoms. The highest BCUT2D eigenvalue weighted by Gasteiger charge is 2.29. The van der Waals surface area contributed by atoms with Crippen LogP contribution in [0.3, 0.4) is 0 Å². The van der Waals surface area contributed by atoms with Crippen molar-refractivity contribution in [3.05, 3.63) is 18.0 Å². The van der Waals surface area contributed by atoms with Gasteiger partial charge in [-0.15, -0.1) is 0 Å². The SMILES string of the molecule is Cn1cc(C2CCN(C(=O)CC3CCCN3)C2)cn1. The molecule has 1 N–H and O–H groups in total. The van der Waals surface area contributed by atoms with Crippen molar-refractivity contribution in [2.75, 3.05) is 19.6 Å². The molecule has 5 heteroatoms. The van der Waals surface area contributed by atoms with Crippen LogP contribution in [0, 0.1) is 0 Å². The summed E-state index contributed by atoms with van der Waals surface area (Å²) in [6.45, 7) is 2.82. The van der Waals surface area contributed by atoms with Gasteiger partial charge in [-0.2, -0.15) is 5.10 Å². The van der Waals surface area contributed by atoms with E-state index in [0.717, 1.165) is 32.5 Å². The molecular weight excluding hydrogens is 240 g/mol. The second-order valence-corrected chi connectivity index (χ2v) is 5.77. The van der Waals surface area contributed by atoms with Crippen LogP contribution in [-0.2, 0) is 11.8 Å². The molecule has 2 unspecified atom stereocenters. The van der Waals surface area contributed by atoms with E-state index in [0.29, 0.717) is 24.3 Å². The van der Waals surface area contributed by atoms with Gasteiger partial charge in [0.1, 0.15) is 0 Å². The Morgan fingerprint density at radius 1 is 1.53 bits per heavy atom. The van der Waals surface area contributed by atoms with Crippen molar-refractivity contribution in [3.8, 4) is 0 Å². The van der Waals surface area contributed by atoms with Gasteiger partial charge in [0.05, 0.1) is 6.20 Å². The van der Waals surface area contributed by atoms with Gasteiger partial charge in [-0.1, -0.05) is 0 Å². The molecule has 3 rings (SSSR count). The molecule has 3 heterocycles. The molecule has 5 nitrogen and oxygen atoms in total. The first-order chi connectivity index (χ1) is 9.22. The number of rotatable bonds is 3. The number of hydrogen-bond acceptors (Lipinski definition) is 3. The Morgan fingerprint density at radius 3 is 3.11 bits per heavy atom. The lowest BCUT2D eigenvalue weighted by molar-refractivity contribution is -0.130. The standard InChI is InChI=1S/C14H22N4O/c1-17-9-12(8-16-17)11-4-6-18(10-11)14(19)7-13-3-2-5-15-13/h8-9,11,13,15H,2-7,10H2,1H3. The lowest BCUT2D eigenvalue weighted by Crippen LogP contribution is -2.34. The summed E-state index contributed by atoms with van der Waals surface area (Å²) in [7, 11) is 1.94. The van der Waals surface area contributed by atoms with E-state index in [1.165, 1.54) is 12.0 Å². The lowest BCUT2D eigenvalue weighted by atomic mass is 10.0. The van der Waals surface area contributed by atoms with E-state index in [-0.39, 0.29) is 0 Å². The van der Waals surface area contributed by atoms with Gasteiger partial charge in [0.2, 0.25) is 5.91 Å². The zero-order valence-corrected chi connectivity index (χ0v) is 11.5. The van der Waals surface area contributed by atoms with Crippen LogP contribution in [0.4, 0.5) is 0 Å². The molecule has 1 aromatic heterocycles. The quantitative estimate of drug-likeness (QED) is 0.879. The third kappa shape index (κ3) is 2.81. The maximum Gasteiger partial charge on any atom is 0.224 e. The Bertz CT molecular complexity index is 450. The minimum Gasteiger partial charge on any atom is -0.342 e. The Morgan fingerprint density at radius 2 is 2.42 bits per heavy atom. The van der Waals surface area contributed by atoms with Gasteiger partial charge in [-0.25, -0.2) is 0 Å². The molecule has 2 aliphatic rings. The highest BCUT2D eigenvalue weighted by Crippen LogP contribution is 2.27. The number of aromatic nitrogens is 2. The van der Waals surface area contributed by atoms with Crippen LogP contribution >= 0.6 is 0 Å². The van der Waals surface area contributed by atoms with Crippen molar-refractivity contribution in [3.63, 3.8) is 0 Å². The van der Waals surface area contributed by atoms with Gasteiger partial charge in [0.25, 0.3) is 0 Å². The normalized spacial score (nSPS) is 27.1. The molecule has 2 atom stereocenters. The Hall–Kier alpha value is -1.36. The van der Waals surface area contributed by atoms with Crippen molar-refractivity contribution < 1.29 is 4.79 Å². The van der Waals surface area contributed by atoms with Crippen LogP contribution in [0.25, 0.3) is 0 Å². The number of aryl methyl sites for hydroxylation is 1. The predicted molar refractivity (Wildman–Crippen MR) is 72.8 cm³/mol. The number of amides is 1. The molecule has 0 aliphatic carbocycles. The second-order valence-electron chi connectivity index (χ2n) is 5.77. The highest BCUT2D eigenvalue weighted by molar-refractivity contribution is 5.77. The Labute approximate surface area is 114 Å². The van der Waals surface area contributed by atoms with Gasteiger partial charge in [-0.3, -0.25) is 9.48 Å². The van der Waals surface area contributed by atoms with E-state index in [2.05, 4.69) is 16.6 Å². The number of carbonyl (C=O) groups is 1. The summed E-state index contributed by atoms with van der Waals surface area (Å²) in [5.41, 5.74) is 1.26. The zero-order valence-electron chi connectivity index (χ0n) is 11.5. The van der Waals surface area contributed by atoms with Gasteiger partial charge in [0, 0.05) is 44.7 Å². The molecule has 0 saturated carbocycles. The van der Waals surface area contributed by atoms with E-state index >= 15 is 0 Å². The molecule has 2 saturated heterocycles. The van der Waals surface area contributed by atoms with Crippen molar-refractivity contribution in [2.45, 2.75) is 37.6 Å². The largest absolute Gasteiger partial charge is 0.342 e. The molecule has 2 fully saturated rings. The third-order valence-electron chi connectivity index (χ3n) is 4.32. The van der Waals surface area contributed by atoms with Gasteiger partial charge >= 0.3 is 0 Å². The van der Waals surface area contributed by atoms with Crippen molar-refractivity contribution in [1.82, 2.24) is 20.0 Å². The fourth-order valence-electron chi connectivity index (χ4n) is 3.18. The van der Waals surface area contributed by atoms with Gasteiger partial charge in [0.15, 0.2) is 0 Å². The minimum atomic E-state index is 0.311. The van der Waals surface area contributed by atoms with Crippen molar-refractivity contribution in [2.24, 2.45) is 7.05 Å². The molecule has 0 bridgehead atoms.